The number of unbranched alkanes of at least 4 members (excludes halogenated alkanes) is 1. The summed E-state index contributed by atoms with van der Waals surface area (Å²) in [6.07, 6.45) is 2.13. The highest BCUT2D eigenvalue weighted by atomic mass is 19.3. The molecule has 0 amide bonds. The number of benzene rings is 1. The summed E-state index contributed by atoms with van der Waals surface area (Å²) < 4.78 is 26.6. The average Bonchev–Trinajstić information content (AvgIpc) is 2.70. The fraction of sp³-hybridized carbons (Fsp3) is 0.550. The van der Waals surface area contributed by atoms with Crippen LogP contribution in [0.2, 0.25) is 6.32 Å². The lowest BCUT2D eigenvalue weighted by atomic mass is 9.82. The Morgan fingerprint density at radius 3 is 2.57 bits per heavy atom. The van der Waals surface area contributed by atoms with Gasteiger partial charge in [0.05, 0.1) is 5.52 Å². The molecule has 0 saturated carbocycles. The third kappa shape index (κ3) is 5.18. The first-order valence-electron chi connectivity index (χ1n) is 10.00. The third-order valence-corrected chi connectivity index (χ3v) is 5.67. The minimum atomic E-state index is -2.59. The second kappa shape index (κ2) is 9.63. The van der Waals surface area contributed by atoms with Crippen LogP contribution in [0.4, 0.5) is 14.5 Å². The zero-order valence-corrected chi connectivity index (χ0v) is 16.0. The van der Waals surface area contributed by atoms with Crippen LogP contribution in [0, 0.1) is 5.92 Å². The smallest absolute Gasteiger partial charge is 0.427 e. The summed E-state index contributed by atoms with van der Waals surface area (Å²) in [5.74, 6) is 0.401. The molecular weight excluding hydrogens is 363 g/mol. The number of pyridine rings is 1. The highest BCUT2D eigenvalue weighted by molar-refractivity contribution is 6.40. The molecule has 0 bridgehead atoms. The van der Waals surface area contributed by atoms with Gasteiger partial charge in [0, 0.05) is 30.2 Å². The lowest BCUT2D eigenvalue weighted by Gasteiger charge is -2.36. The van der Waals surface area contributed by atoms with Crippen LogP contribution in [-0.4, -0.2) is 41.3 Å². The first-order valence-corrected chi connectivity index (χ1v) is 10.00. The molecule has 4 N–H and O–H groups in total. The van der Waals surface area contributed by atoms with Crippen molar-refractivity contribution in [2.45, 2.75) is 50.9 Å². The van der Waals surface area contributed by atoms with E-state index in [0.29, 0.717) is 17.8 Å². The molecule has 28 heavy (non-hydrogen) atoms. The Kier molecular flexibility index (Phi) is 7.21. The zero-order valence-electron chi connectivity index (χ0n) is 16.0. The number of alkyl halides is 2. The fourth-order valence-corrected chi connectivity index (χ4v) is 4.06. The van der Waals surface area contributed by atoms with Gasteiger partial charge < -0.3 is 20.7 Å². The van der Waals surface area contributed by atoms with Crippen molar-refractivity contribution in [3.05, 3.63) is 36.0 Å². The van der Waals surface area contributed by atoms with Crippen molar-refractivity contribution >= 4 is 23.7 Å². The molecule has 3 rings (SSSR count). The van der Waals surface area contributed by atoms with E-state index in [4.69, 9.17) is 15.8 Å². The van der Waals surface area contributed by atoms with Gasteiger partial charge >= 0.3 is 7.12 Å². The van der Waals surface area contributed by atoms with Crippen LogP contribution < -0.4 is 10.6 Å². The molecule has 152 valence electrons. The molecule has 1 saturated heterocycles. The Hall–Kier alpha value is -1.77. The number of hydrogen-bond acceptors (Lipinski definition) is 5. The average molecular weight is 391 g/mol. The van der Waals surface area contributed by atoms with E-state index >= 15 is 0 Å². The van der Waals surface area contributed by atoms with Gasteiger partial charge in [-0.1, -0.05) is 31.0 Å². The number of para-hydroxylation sites is 1. The van der Waals surface area contributed by atoms with Gasteiger partial charge in [0.2, 0.25) is 0 Å². The van der Waals surface area contributed by atoms with Crippen molar-refractivity contribution in [3.8, 4) is 0 Å². The molecule has 8 heteroatoms. The Labute approximate surface area is 164 Å². The maximum absolute atomic E-state index is 13.3. The molecule has 1 atom stereocenters. The second-order valence-corrected chi connectivity index (χ2v) is 7.64. The summed E-state index contributed by atoms with van der Waals surface area (Å²) in [4.78, 5) is 6.26. The van der Waals surface area contributed by atoms with Crippen LogP contribution in [0.3, 0.4) is 0 Å². The largest absolute Gasteiger partial charge is 0.451 e. The van der Waals surface area contributed by atoms with E-state index in [1.54, 1.807) is 6.07 Å². The van der Waals surface area contributed by atoms with E-state index in [1.165, 1.54) is 6.07 Å². The van der Waals surface area contributed by atoms with E-state index in [-0.39, 0.29) is 11.7 Å². The number of nitrogens with zero attached hydrogens (tertiary/aromatic N) is 2. The lowest BCUT2D eigenvalue weighted by Crippen LogP contribution is -2.41. The van der Waals surface area contributed by atoms with Gasteiger partial charge in [-0.25, -0.2) is 13.8 Å². The number of halogens is 2. The summed E-state index contributed by atoms with van der Waals surface area (Å²) in [6.45, 7) is 1.56. The highest BCUT2D eigenvalue weighted by Crippen LogP contribution is 2.33. The second-order valence-electron chi connectivity index (χ2n) is 7.64. The molecule has 1 unspecified atom stereocenters. The Morgan fingerprint density at radius 1 is 1.18 bits per heavy atom. The van der Waals surface area contributed by atoms with Crippen LogP contribution in [0.1, 0.15) is 44.2 Å². The molecule has 1 aromatic carbocycles. The van der Waals surface area contributed by atoms with Gasteiger partial charge in [-0.05, 0) is 43.6 Å². The molecule has 0 radical (unpaired) electrons. The minimum absolute atomic E-state index is 0.0868. The number of fused-ring (bicyclic) bond motifs is 1. The predicted molar refractivity (Wildman–Crippen MR) is 108 cm³/mol. The number of anilines is 1. The topological polar surface area (TPSA) is 82.6 Å². The summed E-state index contributed by atoms with van der Waals surface area (Å²) in [5, 5.41) is 18.7. The number of hydrogen-bond donors (Lipinski definition) is 3. The molecule has 1 aliphatic rings. The van der Waals surface area contributed by atoms with E-state index in [1.807, 2.05) is 18.2 Å². The number of rotatable bonds is 8. The monoisotopic (exact) mass is 391 g/mol. The standard InChI is InChI=1S/C20H28BF2N3O2/c22-20(23)18-13-19(15-5-1-2-7-17(15)25-18)26-11-8-14(9-12-26)16(24)6-3-4-10-21(27)28/h1-2,5,7,13-14,16,20,27-28H,3-4,6,8-12,24H2. The van der Waals surface area contributed by atoms with Gasteiger partial charge in [0.1, 0.15) is 5.69 Å². The van der Waals surface area contributed by atoms with Crippen molar-refractivity contribution in [3.63, 3.8) is 0 Å². The Morgan fingerprint density at radius 2 is 1.89 bits per heavy atom. The van der Waals surface area contributed by atoms with Crippen LogP contribution in [-0.2, 0) is 0 Å². The maximum atomic E-state index is 13.3. The van der Waals surface area contributed by atoms with Gasteiger partial charge in [0.25, 0.3) is 6.43 Å². The van der Waals surface area contributed by atoms with Crippen LogP contribution in [0.15, 0.2) is 30.3 Å². The molecule has 2 heterocycles. The lowest BCUT2D eigenvalue weighted by molar-refractivity contribution is 0.146. The first kappa shape index (κ1) is 21.0. The molecule has 0 aliphatic carbocycles. The van der Waals surface area contributed by atoms with E-state index in [2.05, 4.69) is 9.88 Å². The van der Waals surface area contributed by atoms with Crippen molar-refractivity contribution in [2.24, 2.45) is 11.7 Å². The van der Waals surface area contributed by atoms with Crippen molar-refractivity contribution < 1.29 is 18.8 Å². The van der Waals surface area contributed by atoms with Gasteiger partial charge in [0.15, 0.2) is 0 Å². The molecule has 0 spiro atoms. The van der Waals surface area contributed by atoms with E-state index in [0.717, 1.165) is 56.3 Å². The summed E-state index contributed by atoms with van der Waals surface area (Å²) in [7, 11) is -1.24. The number of nitrogens with two attached hydrogens (primary N) is 1. The van der Waals surface area contributed by atoms with Crippen molar-refractivity contribution in [1.82, 2.24) is 4.98 Å². The van der Waals surface area contributed by atoms with E-state index in [9.17, 15) is 8.78 Å². The SMILES string of the molecule is NC(CCCCB(O)O)C1CCN(c2cc(C(F)F)nc3ccccc23)CC1. The van der Waals surface area contributed by atoms with Gasteiger partial charge in [-0.2, -0.15) is 0 Å². The maximum Gasteiger partial charge on any atom is 0.451 e. The quantitative estimate of drug-likeness (QED) is 0.475. The molecule has 5 nitrogen and oxygen atoms in total. The number of aromatic nitrogens is 1. The summed E-state index contributed by atoms with van der Waals surface area (Å²) in [5.41, 5.74) is 7.59. The molecule has 1 fully saturated rings. The Bertz CT molecular complexity index is 770. The summed E-state index contributed by atoms with van der Waals surface area (Å²) >= 11 is 0. The first-order chi connectivity index (χ1) is 13.5. The number of piperidine rings is 1. The van der Waals surface area contributed by atoms with Gasteiger partial charge in [-0.15, -0.1) is 0 Å². The molecule has 1 aromatic heterocycles. The molecular formula is C20H28BF2N3O2. The molecule has 1 aliphatic heterocycles. The fourth-order valence-electron chi connectivity index (χ4n) is 4.06. The van der Waals surface area contributed by atoms with Crippen LogP contribution in [0.5, 0.6) is 0 Å². The van der Waals surface area contributed by atoms with Gasteiger partial charge in [-0.3, -0.25) is 0 Å². The summed E-state index contributed by atoms with van der Waals surface area (Å²) in [6, 6.07) is 9.03. The Balaban J connectivity index is 1.63. The van der Waals surface area contributed by atoms with Crippen LogP contribution >= 0.6 is 0 Å². The normalized spacial score (nSPS) is 16.7. The zero-order chi connectivity index (χ0) is 20.1. The highest BCUT2D eigenvalue weighted by Gasteiger charge is 2.26. The minimum Gasteiger partial charge on any atom is -0.427 e. The van der Waals surface area contributed by atoms with Crippen LogP contribution in [0.25, 0.3) is 10.9 Å². The molecule has 2 aromatic rings. The predicted octanol–water partition coefficient (Wildman–Crippen LogP) is 3.36. The van der Waals surface area contributed by atoms with Crippen molar-refractivity contribution in [2.75, 3.05) is 18.0 Å². The van der Waals surface area contributed by atoms with Crippen molar-refractivity contribution in [1.29, 1.82) is 0 Å². The third-order valence-electron chi connectivity index (χ3n) is 5.67. The van der Waals surface area contributed by atoms with E-state index < -0.39 is 13.5 Å².